The highest BCUT2D eigenvalue weighted by Crippen LogP contribution is 2.43. The lowest BCUT2D eigenvalue weighted by Gasteiger charge is -2.21. The van der Waals surface area contributed by atoms with Crippen molar-refractivity contribution in [1.82, 2.24) is 0 Å². The summed E-state index contributed by atoms with van der Waals surface area (Å²) in [6, 6.07) is 12.3. The molecular formula is C26H29FO3S. The van der Waals surface area contributed by atoms with Gasteiger partial charge in [-0.3, -0.25) is 0 Å². The van der Waals surface area contributed by atoms with E-state index in [2.05, 4.69) is 52.8 Å². The number of hydrogen-bond donors (Lipinski definition) is 1. The summed E-state index contributed by atoms with van der Waals surface area (Å²) in [7, 11) is 0. The molecule has 0 aliphatic carbocycles. The van der Waals surface area contributed by atoms with Gasteiger partial charge in [-0.05, 0) is 59.2 Å². The lowest BCUT2D eigenvalue weighted by atomic mass is 9.88. The number of hydrogen-bond acceptors (Lipinski definition) is 3. The summed E-state index contributed by atoms with van der Waals surface area (Å²) in [6.07, 6.45) is 1.99. The minimum atomic E-state index is -1.56. The molecule has 0 saturated heterocycles. The van der Waals surface area contributed by atoms with E-state index >= 15 is 0 Å². The Hall–Kier alpha value is -2.66. The van der Waals surface area contributed by atoms with Crippen molar-refractivity contribution in [3.63, 3.8) is 0 Å². The zero-order valence-electron chi connectivity index (χ0n) is 18.7. The number of carboxylic acids is 1. The number of fused-ring (bicyclic) bond motifs is 1. The second-order valence-electron chi connectivity index (χ2n) is 8.31. The molecule has 0 radical (unpaired) electrons. The molecule has 0 unspecified atom stereocenters. The van der Waals surface area contributed by atoms with Gasteiger partial charge in [0.25, 0.3) is 0 Å². The maximum atomic E-state index is 13.7. The molecule has 31 heavy (non-hydrogen) atoms. The van der Waals surface area contributed by atoms with Crippen LogP contribution in [0.5, 0.6) is 5.75 Å². The summed E-state index contributed by atoms with van der Waals surface area (Å²) in [6.45, 7) is 11.4. The predicted octanol–water partition coefficient (Wildman–Crippen LogP) is 8.00. The number of benzene rings is 2. The van der Waals surface area contributed by atoms with E-state index in [0.29, 0.717) is 23.3 Å². The van der Waals surface area contributed by atoms with E-state index in [9.17, 15) is 9.18 Å². The van der Waals surface area contributed by atoms with Crippen LogP contribution in [0, 0.1) is 0 Å². The van der Waals surface area contributed by atoms with E-state index in [1.165, 1.54) is 22.5 Å². The Morgan fingerprint density at radius 2 is 1.87 bits per heavy atom. The summed E-state index contributed by atoms with van der Waals surface area (Å²) in [5.74, 6) is -1.16. The first-order valence-electron chi connectivity index (χ1n) is 10.7. The first-order valence-corrected chi connectivity index (χ1v) is 11.5. The standard InChI is InChI=1S/C26H29FO3S/c1-6-10-30-25-20(16(4)5)11-17(15(2)3)12-22(25)19-8-7-9-24-21(19)13-18(31-24)14-23(27)26(28)29/h7-9,11-16H,6,10H2,1-5H3,(H,28,29)/b23-14-. The van der Waals surface area contributed by atoms with Crippen molar-refractivity contribution in [2.45, 2.75) is 52.9 Å². The van der Waals surface area contributed by atoms with Crippen LogP contribution >= 0.6 is 11.3 Å². The van der Waals surface area contributed by atoms with Crippen LogP contribution in [0.25, 0.3) is 27.3 Å². The van der Waals surface area contributed by atoms with Crippen LogP contribution in [0.4, 0.5) is 4.39 Å². The van der Waals surface area contributed by atoms with Gasteiger partial charge in [-0.1, -0.05) is 52.8 Å². The lowest BCUT2D eigenvalue weighted by molar-refractivity contribution is -0.134. The first kappa shape index (κ1) is 23.0. The Morgan fingerprint density at radius 1 is 1.13 bits per heavy atom. The van der Waals surface area contributed by atoms with Gasteiger partial charge in [-0.2, -0.15) is 4.39 Å². The molecule has 5 heteroatoms. The van der Waals surface area contributed by atoms with Crippen molar-refractivity contribution < 1.29 is 19.0 Å². The zero-order valence-corrected chi connectivity index (χ0v) is 19.5. The fraction of sp³-hybridized carbons (Fsp3) is 0.346. The fourth-order valence-electron chi connectivity index (χ4n) is 3.58. The molecule has 3 rings (SSSR count). The summed E-state index contributed by atoms with van der Waals surface area (Å²) >= 11 is 1.38. The highest BCUT2D eigenvalue weighted by molar-refractivity contribution is 7.20. The molecule has 0 aliphatic heterocycles. The zero-order chi connectivity index (χ0) is 22.7. The second kappa shape index (κ2) is 9.65. The van der Waals surface area contributed by atoms with Crippen LogP contribution in [-0.4, -0.2) is 17.7 Å². The molecule has 0 bridgehead atoms. The Bertz CT molecular complexity index is 1130. The SMILES string of the molecule is CCCOc1c(-c2cccc3sc(/C=C(\F)C(=O)O)cc23)cc(C(C)C)cc1C(C)C. The Kier molecular flexibility index (Phi) is 7.16. The summed E-state index contributed by atoms with van der Waals surface area (Å²) < 4.78 is 20.9. The number of rotatable bonds is 8. The van der Waals surface area contributed by atoms with Gasteiger partial charge in [-0.15, -0.1) is 11.3 Å². The normalized spacial score (nSPS) is 12.2. The molecule has 1 aromatic heterocycles. The molecule has 0 amide bonds. The Labute approximate surface area is 187 Å². The van der Waals surface area contributed by atoms with Crippen molar-refractivity contribution >= 4 is 33.5 Å². The molecule has 0 atom stereocenters. The van der Waals surface area contributed by atoms with E-state index in [-0.39, 0.29) is 0 Å². The third-order valence-electron chi connectivity index (χ3n) is 5.22. The van der Waals surface area contributed by atoms with Crippen molar-refractivity contribution in [1.29, 1.82) is 0 Å². The van der Waals surface area contributed by atoms with Gasteiger partial charge in [-0.25, -0.2) is 4.79 Å². The van der Waals surface area contributed by atoms with Gasteiger partial charge in [0.05, 0.1) is 6.61 Å². The van der Waals surface area contributed by atoms with Crippen LogP contribution in [0.1, 0.15) is 68.9 Å². The molecule has 1 heterocycles. The number of thiophene rings is 1. The first-order chi connectivity index (χ1) is 14.7. The monoisotopic (exact) mass is 440 g/mol. The number of halogens is 1. The summed E-state index contributed by atoms with van der Waals surface area (Å²) in [4.78, 5) is 11.5. The maximum absolute atomic E-state index is 13.7. The molecule has 0 aliphatic rings. The van der Waals surface area contributed by atoms with Crippen molar-refractivity contribution in [3.05, 3.63) is 58.2 Å². The van der Waals surface area contributed by atoms with E-state index < -0.39 is 11.8 Å². The molecule has 0 saturated carbocycles. The summed E-state index contributed by atoms with van der Waals surface area (Å²) in [5, 5.41) is 9.85. The van der Waals surface area contributed by atoms with Crippen LogP contribution in [0.15, 0.2) is 42.2 Å². The quantitative estimate of drug-likeness (QED) is 0.361. The van der Waals surface area contributed by atoms with Gasteiger partial charge in [0.2, 0.25) is 5.83 Å². The minimum absolute atomic E-state index is 0.300. The molecule has 3 nitrogen and oxygen atoms in total. The average Bonchev–Trinajstić information content (AvgIpc) is 3.13. The highest BCUT2D eigenvalue weighted by Gasteiger charge is 2.20. The van der Waals surface area contributed by atoms with Gasteiger partial charge >= 0.3 is 5.97 Å². The van der Waals surface area contributed by atoms with Crippen molar-refractivity contribution in [3.8, 4) is 16.9 Å². The molecular weight excluding hydrogens is 411 g/mol. The molecule has 3 aromatic rings. The molecule has 0 spiro atoms. The van der Waals surface area contributed by atoms with E-state index in [4.69, 9.17) is 9.84 Å². The number of carboxylic acid groups (broad SMARTS) is 1. The average molecular weight is 441 g/mol. The third-order valence-corrected chi connectivity index (χ3v) is 6.27. The number of carbonyl (C=O) groups is 1. The molecule has 164 valence electrons. The van der Waals surface area contributed by atoms with Crippen molar-refractivity contribution in [2.24, 2.45) is 0 Å². The fourth-order valence-corrected chi connectivity index (χ4v) is 4.59. The lowest BCUT2D eigenvalue weighted by Crippen LogP contribution is -2.04. The van der Waals surface area contributed by atoms with E-state index in [0.717, 1.165) is 39.5 Å². The van der Waals surface area contributed by atoms with Gasteiger partial charge in [0.15, 0.2) is 0 Å². The van der Waals surface area contributed by atoms with Crippen molar-refractivity contribution in [2.75, 3.05) is 6.61 Å². The smallest absolute Gasteiger partial charge is 0.364 e. The van der Waals surface area contributed by atoms with Gasteiger partial charge in [0.1, 0.15) is 5.75 Å². The third kappa shape index (κ3) is 4.99. The number of aliphatic carboxylic acids is 1. The maximum Gasteiger partial charge on any atom is 0.364 e. The topological polar surface area (TPSA) is 46.5 Å². The minimum Gasteiger partial charge on any atom is -0.493 e. The van der Waals surface area contributed by atoms with Gasteiger partial charge < -0.3 is 9.84 Å². The largest absolute Gasteiger partial charge is 0.493 e. The second-order valence-corrected chi connectivity index (χ2v) is 9.42. The van der Waals surface area contributed by atoms with Crippen LogP contribution in [0.3, 0.4) is 0 Å². The highest BCUT2D eigenvalue weighted by atomic mass is 32.1. The van der Waals surface area contributed by atoms with Crippen LogP contribution in [0.2, 0.25) is 0 Å². The van der Waals surface area contributed by atoms with Gasteiger partial charge in [0, 0.05) is 20.5 Å². The predicted molar refractivity (Wildman–Crippen MR) is 128 cm³/mol. The summed E-state index contributed by atoms with van der Waals surface area (Å²) in [5.41, 5.74) is 4.46. The number of ether oxygens (including phenoxy) is 1. The van der Waals surface area contributed by atoms with E-state index in [1.54, 1.807) is 0 Å². The van der Waals surface area contributed by atoms with Crippen LogP contribution < -0.4 is 4.74 Å². The molecule has 0 fully saturated rings. The molecule has 1 N–H and O–H groups in total. The molecule has 2 aromatic carbocycles. The Morgan fingerprint density at radius 3 is 2.48 bits per heavy atom. The Balaban J connectivity index is 2.28. The van der Waals surface area contributed by atoms with E-state index in [1.807, 2.05) is 18.2 Å². The van der Waals surface area contributed by atoms with Crippen LogP contribution in [-0.2, 0) is 4.79 Å².